The Bertz CT molecular complexity index is 1070. The predicted molar refractivity (Wildman–Crippen MR) is 103 cm³/mol. The summed E-state index contributed by atoms with van der Waals surface area (Å²) >= 11 is 5.75. The lowest BCUT2D eigenvalue weighted by atomic mass is 9.96. The first kappa shape index (κ1) is 23.0. The van der Waals surface area contributed by atoms with Crippen molar-refractivity contribution in [1.82, 2.24) is 9.97 Å². The first-order valence-electron chi connectivity index (χ1n) is 8.75. The molecule has 0 saturated carbocycles. The molecule has 0 radical (unpaired) electrons. The van der Waals surface area contributed by atoms with Crippen LogP contribution in [-0.4, -0.2) is 9.97 Å². The van der Waals surface area contributed by atoms with Gasteiger partial charge in [0.05, 0.1) is 39.6 Å². The summed E-state index contributed by atoms with van der Waals surface area (Å²) in [5.41, 5.74) is 11.6. The van der Waals surface area contributed by atoms with Crippen LogP contribution in [0.15, 0.2) is 54.9 Å². The molecule has 11 heteroatoms. The van der Waals surface area contributed by atoms with Gasteiger partial charge in [-0.2, -0.15) is 26.3 Å². The summed E-state index contributed by atoms with van der Waals surface area (Å²) in [6.45, 7) is 0. The van der Waals surface area contributed by atoms with E-state index in [0.717, 1.165) is 30.6 Å². The minimum absolute atomic E-state index is 0.258. The topological polar surface area (TPSA) is 77.8 Å². The Labute approximate surface area is 177 Å². The van der Waals surface area contributed by atoms with E-state index in [2.05, 4.69) is 9.97 Å². The van der Waals surface area contributed by atoms with Crippen LogP contribution in [0.3, 0.4) is 0 Å². The molecule has 4 N–H and O–H groups in total. The van der Waals surface area contributed by atoms with Gasteiger partial charge in [0.15, 0.2) is 0 Å². The molecule has 0 bridgehead atoms. The third-order valence-electron chi connectivity index (χ3n) is 4.61. The maximum Gasteiger partial charge on any atom is 0.417 e. The van der Waals surface area contributed by atoms with Crippen LogP contribution in [0.2, 0.25) is 5.02 Å². The number of nitrogens with two attached hydrogens (primary N) is 2. The van der Waals surface area contributed by atoms with Crippen molar-refractivity contribution in [2.24, 2.45) is 11.5 Å². The Morgan fingerprint density at radius 1 is 0.774 bits per heavy atom. The fourth-order valence-electron chi connectivity index (χ4n) is 2.90. The first-order chi connectivity index (χ1) is 14.4. The van der Waals surface area contributed by atoms with Gasteiger partial charge in [-0.3, -0.25) is 0 Å². The standard InChI is InChI=1S/C20H15ClF6N4/c21-14-7-11(3-6-13(14)20(25,26)27)15-8-16(31-9-30-15)18(29)17(28)10-1-4-12(5-2-10)19(22,23)24/h1-9,17-18H,28-29H2. The van der Waals surface area contributed by atoms with Crippen LogP contribution in [0, 0.1) is 0 Å². The van der Waals surface area contributed by atoms with Crippen molar-refractivity contribution in [1.29, 1.82) is 0 Å². The second-order valence-electron chi connectivity index (χ2n) is 6.69. The van der Waals surface area contributed by atoms with Crippen molar-refractivity contribution >= 4 is 11.6 Å². The molecular formula is C20H15ClF6N4. The summed E-state index contributed by atoms with van der Waals surface area (Å²) < 4.78 is 76.8. The van der Waals surface area contributed by atoms with Crippen LogP contribution in [0.5, 0.6) is 0 Å². The minimum Gasteiger partial charge on any atom is -0.322 e. The quantitative estimate of drug-likeness (QED) is 0.501. The average molecular weight is 461 g/mol. The number of hydrogen-bond acceptors (Lipinski definition) is 4. The van der Waals surface area contributed by atoms with Crippen molar-refractivity contribution < 1.29 is 26.3 Å². The zero-order chi connectivity index (χ0) is 23.0. The van der Waals surface area contributed by atoms with Crippen molar-refractivity contribution in [3.8, 4) is 11.3 Å². The zero-order valence-corrected chi connectivity index (χ0v) is 16.3. The monoisotopic (exact) mass is 460 g/mol. The molecule has 0 aliphatic heterocycles. The largest absolute Gasteiger partial charge is 0.417 e. The third-order valence-corrected chi connectivity index (χ3v) is 4.92. The van der Waals surface area contributed by atoms with Crippen LogP contribution in [0.25, 0.3) is 11.3 Å². The minimum atomic E-state index is -4.59. The molecule has 3 rings (SSSR count). The van der Waals surface area contributed by atoms with Crippen LogP contribution >= 0.6 is 11.6 Å². The van der Waals surface area contributed by atoms with Gasteiger partial charge < -0.3 is 11.5 Å². The van der Waals surface area contributed by atoms with Gasteiger partial charge in [0.1, 0.15) is 6.33 Å². The zero-order valence-electron chi connectivity index (χ0n) is 15.5. The highest BCUT2D eigenvalue weighted by atomic mass is 35.5. The second kappa shape index (κ2) is 8.45. The number of aromatic nitrogens is 2. The van der Waals surface area contributed by atoms with Crippen LogP contribution in [0.4, 0.5) is 26.3 Å². The molecule has 1 heterocycles. The number of hydrogen-bond donors (Lipinski definition) is 2. The molecule has 31 heavy (non-hydrogen) atoms. The van der Waals surface area contributed by atoms with Gasteiger partial charge in [-0.1, -0.05) is 29.8 Å². The normalized spacial score (nSPS) is 14.4. The highest BCUT2D eigenvalue weighted by Crippen LogP contribution is 2.37. The lowest BCUT2D eigenvalue weighted by Gasteiger charge is -2.20. The van der Waals surface area contributed by atoms with Gasteiger partial charge >= 0.3 is 12.4 Å². The highest BCUT2D eigenvalue weighted by Gasteiger charge is 2.33. The lowest BCUT2D eigenvalue weighted by Crippen LogP contribution is -2.27. The Morgan fingerprint density at radius 3 is 1.97 bits per heavy atom. The molecule has 164 valence electrons. The molecule has 2 aromatic carbocycles. The molecule has 0 spiro atoms. The van der Waals surface area contributed by atoms with Gasteiger partial charge in [0, 0.05) is 5.56 Å². The van der Waals surface area contributed by atoms with Crippen molar-refractivity contribution in [3.05, 3.63) is 82.3 Å². The van der Waals surface area contributed by atoms with Crippen molar-refractivity contribution in [2.45, 2.75) is 24.4 Å². The predicted octanol–water partition coefficient (Wildman–Crippen LogP) is 5.53. The first-order valence-corrected chi connectivity index (χ1v) is 9.13. The summed E-state index contributed by atoms with van der Waals surface area (Å²) in [7, 11) is 0. The van der Waals surface area contributed by atoms with Gasteiger partial charge in [-0.05, 0) is 35.9 Å². The van der Waals surface area contributed by atoms with Gasteiger partial charge in [-0.25, -0.2) is 9.97 Å². The summed E-state index contributed by atoms with van der Waals surface area (Å²) in [6, 6.07) is 7.07. The van der Waals surface area contributed by atoms with Crippen LogP contribution in [-0.2, 0) is 12.4 Å². The average Bonchev–Trinajstić information content (AvgIpc) is 2.71. The van der Waals surface area contributed by atoms with Crippen molar-refractivity contribution in [2.75, 3.05) is 0 Å². The maximum absolute atomic E-state index is 12.9. The molecule has 3 aromatic rings. The van der Waals surface area contributed by atoms with E-state index < -0.39 is 40.6 Å². The molecule has 0 aliphatic rings. The van der Waals surface area contributed by atoms with E-state index in [-0.39, 0.29) is 11.4 Å². The van der Waals surface area contributed by atoms with Crippen LogP contribution in [0.1, 0.15) is 34.5 Å². The fraction of sp³-hybridized carbons (Fsp3) is 0.200. The van der Waals surface area contributed by atoms with Gasteiger partial charge in [0.2, 0.25) is 0 Å². The van der Waals surface area contributed by atoms with E-state index in [1.54, 1.807) is 0 Å². The Hall–Kier alpha value is -2.69. The van der Waals surface area contributed by atoms with E-state index >= 15 is 0 Å². The van der Waals surface area contributed by atoms with Gasteiger partial charge in [0.25, 0.3) is 0 Å². The van der Waals surface area contributed by atoms with E-state index in [0.29, 0.717) is 11.1 Å². The molecule has 0 saturated heterocycles. The van der Waals surface area contributed by atoms with E-state index in [9.17, 15) is 26.3 Å². The lowest BCUT2D eigenvalue weighted by molar-refractivity contribution is -0.138. The molecular weight excluding hydrogens is 446 g/mol. The molecule has 0 fully saturated rings. The van der Waals surface area contributed by atoms with Crippen LogP contribution < -0.4 is 11.5 Å². The Morgan fingerprint density at radius 2 is 1.42 bits per heavy atom. The molecule has 4 nitrogen and oxygen atoms in total. The molecule has 1 aromatic heterocycles. The van der Waals surface area contributed by atoms with E-state index in [1.807, 2.05) is 0 Å². The molecule has 2 unspecified atom stereocenters. The SMILES string of the molecule is NC(c1ccc(C(F)(F)F)cc1)C(N)c1cc(-c2ccc(C(F)(F)F)c(Cl)c2)ncn1. The van der Waals surface area contributed by atoms with E-state index in [1.165, 1.54) is 24.3 Å². The summed E-state index contributed by atoms with van der Waals surface area (Å²) in [5, 5.41) is -0.490. The number of rotatable bonds is 4. The number of benzene rings is 2. The molecule has 2 atom stereocenters. The summed E-state index contributed by atoms with van der Waals surface area (Å²) in [5.74, 6) is 0. The third kappa shape index (κ3) is 5.15. The van der Waals surface area contributed by atoms with Gasteiger partial charge in [-0.15, -0.1) is 0 Å². The summed E-state index contributed by atoms with van der Waals surface area (Å²) in [4.78, 5) is 8.06. The molecule has 0 aliphatic carbocycles. The Kier molecular flexibility index (Phi) is 6.26. The maximum atomic E-state index is 12.9. The fourth-order valence-corrected chi connectivity index (χ4v) is 3.19. The number of alkyl halides is 6. The molecule has 0 amide bonds. The number of nitrogens with zero attached hydrogens (tertiary/aromatic N) is 2. The van der Waals surface area contributed by atoms with Crippen molar-refractivity contribution in [3.63, 3.8) is 0 Å². The summed E-state index contributed by atoms with van der Waals surface area (Å²) in [6.07, 6.45) is -7.91. The smallest absolute Gasteiger partial charge is 0.322 e. The van der Waals surface area contributed by atoms with E-state index in [4.69, 9.17) is 23.1 Å². The second-order valence-corrected chi connectivity index (χ2v) is 7.10. The highest BCUT2D eigenvalue weighted by molar-refractivity contribution is 6.31. The Balaban J connectivity index is 1.86. The number of halogens is 7.